The van der Waals surface area contributed by atoms with Gasteiger partial charge >= 0.3 is 5.63 Å². The number of benzene rings is 2. The standard InChI is InChI=1S/C57H66O20/c1-25-35(59)11-15-42(69-25)73-37-13-17-44(71-27(37)3)75-40-22-39(68-29(5)50(40)62)33-21-34-46(30-7-9-31(58)10-8-30)54(65)76-53-47(34)48(52(33)64)51(63)32-19-20-56(66)24-55(6,23-41(61)57(56,67)49(32)53)77-45-18-14-38(28(4)72-45)74-43-16-12-36(60)26(2)70-43/h7-10,19-21,25-29,37-40,42-45,50,58,62,64,66-67H,11-18,22-24H2,1-6H3/t25-,26+,27+,28-,29-,37+,38+,39-,40-,42-,43+,44+,45-,50-,55-,56+,57+/m1/s1. The highest BCUT2D eigenvalue weighted by atomic mass is 16.7. The third-order valence-corrected chi connectivity index (χ3v) is 16.9. The summed E-state index contributed by atoms with van der Waals surface area (Å²) in [6, 6.07) is 7.12. The number of rotatable bonds is 10. The third kappa shape index (κ3) is 9.54. The van der Waals surface area contributed by atoms with Gasteiger partial charge in [0.25, 0.3) is 0 Å². The summed E-state index contributed by atoms with van der Waals surface area (Å²) in [5, 5.41) is 59.8. The maximum absolute atomic E-state index is 15.2. The average molecular weight is 1070 g/mol. The largest absolute Gasteiger partial charge is 0.508 e. The fraction of sp³-hybridized carbons (Fsp3) is 0.596. The van der Waals surface area contributed by atoms with Gasteiger partial charge in [0.15, 0.2) is 53.9 Å². The van der Waals surface area contributed by atoms with Crippen LogP contribution in [0.3, 0.4) is 0 Å². The van der Waals surface area contributed by atoms with E-state index in [0.717, 1.165) is 6.08 Å². The number of ether oxygens (including phenoxy) is 9. The number of aliphatic hydroxyl groups excluding tert-OH is 1. The monoisotopic (exact) mass is 1070 g/mol. The van der Waals surface area contributed by atoms with Crippen molar-refractivity contribution in [2.75, 3.05) is 0 Å². The number of carbonyl (C=O) groups is 4. The molecule has 2 aromatic carbocycles. The molecule has 77 heavy (non-hydrogen) atoms. The zero-order valence-corrected chi connectivity index (χ0v) is 43.8. The van der Waals surface area contributed by atoms with Gasteiger partial charge in [-0.1, -0.05) is 18.2 Å². The van der Waals surface area contributed by atoms with Gasteiger partial charge in [0, 0.05) is 85.3 Å². The molecule has 6 fully saturated rings. The summed E-state index contributed by atoms with van der Waals surface area (Å²) in [7, 11) is 0. The minimum Gasteiger partial charge on any atom is -0.508 e. The number of Topliss-reactive ketones (excluding diaryl/α,β-unsaturated/α-hetero) is 4. The number of aliphatic hydroxyl groups is 3. The Hall–Kier alpha value is -5.07. The Bertz CT molecular complexity index is 3000. The van der Waals surface area contributed by atoms with Gasteiger partial charge in [-0.2, -0.15) is 0 Å². The molecule has 11 rings (SSSR count). The van der Waals surface area contributed by atoms with Crippen molar-refractivity contribution in [2.45, 2.75) is 215 Å². The molecule has 5 aliphatic heterocycles. The summed E-state index contributed by atoms with van der Waals surface area (Å²) < 4.78 is 61.8. The van der Waals surface area contributed by atoms with Gasteiger partial charge in [0.05, 0.1) is 59.5 Å². The Morgan fingerprint density at radius 3 is 1.87 bits per heavy atom. The summed E-state index contributed by atoms with van der Waals surface area (Å²) >= 11 is 0. The third-order valence-electron chi connectivity index (χ3n) is 16.9. The van der Waals surface area contributed by atoms with E-state index >= 15 is 4.79 Å². The van der Waals surface area contributed by atoms with E-state index in [1.807, 2.05) is 13.8 Å². The van der Waals surface area contributed by atoms with Gasteiger partial charge in [-0.15, -0.1) is 0 Å². The molecule has 8 aliphatic rings. The molecule has 1 aromatic heterocycles. The van der Waals surface area contributed by atoms with E-state index in [0.29, 0.717) is 51.4 Å². The van der Waals surface area contributed by atoms with Gasteiger partial charge in [-0.3, -0.25) is 19.2 Å². The molecule has 3 aliphatic carbocycles. The molecular formula is C57H66O20. The first-order valence-corrected chi connectivity index (χ1v) is 26.8. The number of allylic oxidation sites excluding steroid dienone is 2. The topological polar surface area (TPSA) is 283 Å². The number of hydrogen-bond donors (Lipinski definition) is 5. The molecule has 20 nitrogen and oxygen atoms in total. The highest BCUT2D eigenvalue weighted by Gasteiger charge is 2.67. The molecule has 3 aromatic rings. The molecule has 414 valence electrons. The number of phenols is 2. The maximum atomic E-state index is 15.2. The molecule has 0 unspecified atom stereocenters. The van der Waals surface area contributed by atoms with Crippen molar-refractivity contribution in [3.8, 4) is 22.6 Å². The highest BCUT2D eigenvalue weighted by Crippen LogP contribution is 2.57. The van der Waals surface area contributed by atoms with Gasteiger partial charge in [0.1, 0.15) is 41.2 Å². The zero-order chi connectivity index (χ0) is 54.6. The number of ketones is 4. The van der Waals surface area contributed by atoms with E-state index in [1.165, 1.54) is 36.4 Å². The van der Waals surface area contributed by atoms with Crippen LogP contribution in [0.4, 0.5) is 0 Å². The average Bonchev–Trinajstić information content (AvgIpc) is 3.40. The van der Waals surface area contributed by atoms with Gasteiger partial charge in [-0.05, 0) is 84.2 Å². The molecule has 0 spiro atoms. The summed E-state index contributed by atoms with van der Waals surface area (Å²) in [4.78, 5) is 68.7. The molecule has 17 atom stereocenters. The van der Waals surface area contributed by atoms with Crippen LogP contribution in [-0.2, 0) is 57.0 Å². The normalized spacial score (nSPS) is 39.4. The first-order valence-electron chi connectivity index (χ1n) is 26.8. The summed E-state index contributed by atoms with van der Waals surface area (Å²) in [5.74, 6) is -2.84. The maximum Gasteiger partial charge on any atom is 0.344 e. The summed E-state index contributed by atoms with van der Waals surface area (Å²) in [6.07, 6.45) is -4.74. The molecular weight excluding hydrogens is 1000 g/mol. The van der Waals surface area contributed by atoms with Crippen LogP contribution in [0, 0.1) is 0 Å². The molecule has 0 amide bonds. The van der Waals surface area contributed by atoms with Crippen molar-refractivity contribution in [1.82, 2.24) is 0 Å². The summed E-state index contributed by atoms with van der Waals surface area (Å²) in [6.45, 7) is 10.3. The van der Waals surface area contributed by atoms with Crippen molar-refractivity contribution < 1.29 is 91.8 Å². The Labute approximate surface area is 443 Å². The Morgan fingerprint density at radius 1 is 0.675 bits per heavy atom. The summed E-state index contributed by atoms with van der Waals surface area (Å²) in [5.41, 5.74) is -8.58. The van der Waals surface area contributed by atoms with E-state index in [-0.39, 0.29) is 81.0 Å². The second-order valence-electron chi connectivity index (χ2n) is 22.4. The molecule has 0 radical (unpaired) electrons. The van der Waals surface area contributed by atoms with Crippen LogP contribution < -0.4 is 5.63 Å². The van der Waals surface area contributed by atoms with Crippen LogP contribution in [-0.4, -0.2) is 146 Å². The van der Waals surface area contributed by atoms with E-state index in [9.17, 15) is 44.7 Å². The smallest absolute Gasteiger partial charge is 0.344 e. The second kappa shape index (κ2) is 20.2. The first-order chi connectivity index (χ1) is 36.5. The molecule has 1 saturated carbocycles. The fourth-order valence-corrected chi connectivity index (χ4v) is 12.7. The quantitative estimate of drug-likeness (QED) is 0.165. The van der Waals surface area contributed by atoms with Crippen molar-refractivity contribution in [1.29, 1.82) is 0 Å². The Kier molecular flexibility index (Phi) is 14.2. The lowest BCUT2D eigenvalue weighted by molar-refractivity contribution is -0.296. The van der Waals surface area contributed by atoms with Crippen molar-refractivity contribution in [3.05, 3.63) is 75.4 Å². The number of phenolic OH excluding ortho intramolecular Hbond substituents is 2. The lowest BCUT2D eigenvalue weighted by Gasteiger charge is -2.53. The molecule has 5 saturated heterocycles. The highest BCUT2D eigenvalue weighted by molar-refractivity contribution is 6.31. The lowest BCUT2D eigenvalue weighted by atomic mass is 9.58. The minimum atomic E-state index is -2.88. The molecule has 6 heterocycles. The predicted molar refractivity (Wildman–Crippen MR) is 268 cm³/mol. The van der Waals surface area contributed by atoms with E-state index in [4.69, 9.17) is 47.0 Å². The van der Waals surface area contributed by atoms with Crippen LogP contribution >= 0.6 is 0 Å². The predicted octanol–water partition coefficient (Wildman–Crippen LogP) is 5.60. The van der Waals surface area contributed by atoms with Crippen molar-refractivity contribution in [2.24, 2.45) is 0 Å². The van der Waals surface area contributed by atoms with Crippen LogP contribution in [0.1, 0.15) is 140 Å². The zero-order valence-electron chi connectivity index (χ0n) is 43.8. The number of aromatic hydroxyl groups is 2. The van der Waals surface area contributed by atoms with Gasteiger partial charge < -0.3 is 72.6 Å². The van der Waals surface area contributed by atoms with E-state index in [1.54, 1.807) is 27.7 Å². The Balaban J connectivity index is 0.882. The lowest BCUT2D eigenvalue weighted by Crippen LogP contribution is -2.68. The van der Waals surface area contributed by atoms with Gasteiger partial charge in [0.2, 0.25) is 0 Å². The fourth-order valence-electron chi connectivity index (χ4n) is 12.7. The van der Waals surface area contributed by atoms with Crippen LogP contribution in [0.25, 0.3) is 27.5 Å². The molecule has 5 N–H and O–H groups in total. The number of fused-ring (bicyclic) bond motifs is 3. The molecule has 0 bridgehead atoms. The van der Waals surface area contributed by atoms with E-state index < -0.39 is 131 Å². The van der Waals surface area contributed by atoms with Crippen molar-refractivity contribution >= 4 is 39.5 Å². The molecule has 20 heteroatoms. The number of hydrogen-bond acceptors (Lipinski definition) is 20. The minimum absolute atomic E-state index is 0.0134. The van der Waals surface area contributed by atoms with Crippen LogP contribution in [0.15, 0.2) is 57.3 Å². The van der Waals surface area contributed by atoms with E-state index in [2.05, 4.69) is 0 Å². The van der Waals surface area contributed by atoms with Crippen LogP contribution in [0.2, 0.25) is 0 Å². The van der Waals surface area contributed by atoms with Gasteiger partial charge in [-0.25, -0.2) is 4.79 Å². The Morgan fingerprint density at radius 2 is 1.26 bits per heavy atom. The number of carbonyl (C=O) groups excluding carboxylic acids is 4. The second-order valence-corrected chi connectivity index (χ2v) is 22.4. The van der Waals surface area contributed by atoms with Crippen molar-refractivity contribution in [3.63, 3.8) is 0 Å². The SMILES string of the molecule is C[C@@H]1O[C@@H](O[C@H]2CC[C@@H](O[C@]3(C)CC(=O)[C@]4(O)C5=C(C=C[C@]4(O)C3)C(=O)c3c(O)c([C@H]4C[C@@H](O[C@H]6CC[C@H](O[C@@H]7CCC(=O)[C@@H](C)O7)[C@H](C)O6)[C@H](O)[C@@H](C)O4)cc4c(-c6ccc(O)cc6)c(=O)oc5c34)O[C@@H]2C)CCC1=O. The first kappa shape index (κ1) is 53.9. The van der Waals surface area contributed by atoms with Crippen LogP contribution in [0.5, 0.6) is 11.5 Å².